The number of nitrogens with one attached hydrogen (secondary N) is 2. The maximum absolute atomic E-state index is 12.5. The first-order valence-electron chi connectivity index (χ1n) is 8.95. The number of hydrogen-bond acceptors (Lipinski definition) is 2. The quantitative estimate of drug-likeness (QED) is 0.718. The van der Waals surface area contributed by atoms with Crippen LogP contribution in [0.4, 0.5) is 0 Å². The first-order chi connectivity index (χ1) is 12.5. The summed E-state index contributed by atoms with van der Waals surface area (Å²) in [6.45, 7) is 3.95. The number of aromatic nitrogens is 1. The number of carbonyl (C=O) groups is 1. The van der Waals surface area contributed by atoms with Crippen molar-refractivity contribution in [3.63, 3.8) is 0 Å². The number of halogens is 1. The number of carbonyl (C=O) groups excluding carboxylic acids is 1. The van der Waals surface area contributed by atoms with Gasteiger partial charge in [-0.25, -0.2) is 0 Å². The van der Waals surface area contributed by atoms with E-state index in [0.717, 1.165) is 47.2 Å². The number of benzene rings is 1. The lowest BCUT2D eigenvalue weighted by Crippen LogP contribution is -2.25. The standard InChI is InChI=1S/C21H23ClN2O2/c1-3-16(23-12-25)11-18(15-5-4-13(2)19(22)10-15)20-9-8-17(14-6-7-14)21(26)24-20/h4-5,8-12,14,16H,3,6-7H2,1-2H3,(H,23,25)(H,24,26)/b18-11+/t16-/m1/s1. The van der Waals surface area contributed by atoms with Gasteiger partial charge in [0.2, 0.25) is 6.41 Å². The van der Waals surface area contributed by atoms with Crippen LogP contribution in [-0.2, 0) is 4.79 Å². The minimum atomic E-state index is -0.130. The van der Waals surface area contributed by atoms with Crippen LogP contribution >= 0.6 is 11.6 Å². The summed E-state index contributed by atoms with van der Waals surface area (Å²) in [5.41, 5.74) is 4.29. The van der Waals surface area contributed by atoms with E-state index in [4.69, 9.17) is 11.6 Å². The van der Waals surface area contributed by atoms with Crippen LogP contribution in [0, 0.1) is 6.92 Å². The Labute approximate surface area is 158 Å². The van der Waals surface area contributed by atoms with Gasteiger partial charge in [-0.2, -0.15) is 0 Å². The Hall–Kier alpha value is -2.33. The van der Waals surface area contributed by atoms with Crippen molar-refractivity contribution >= 4 is 23.6 Å². The lowest BCUT2D eigenvalue weighted by atomic mass is 9.97. The van der Waals surface area contributed by atoms with Crippen molar-refractivity contribution in [1.82, 2.24) is 10.3 Å². The highest BCUT2D eigenvalue weighted by Crippen LogP contribution is 2.38. The molecule has 136 valence electrons. The lowest BCUT2D eigenvalue weighted by molar-refractivity contribution is -0.109. The maximum atomic E-state index is 12.5. The van der Waals surface area contributed by atoms with Crippen LogP contribution in [0.3, 0.4) is 0 Å². The molecule has 1 aromatic heterocycles. The number of amides is 1. The molecule has 0 unspecified atom stereocenters. The van der Waals surface area contributed by atoms with E-state index in [0.29, 0.717) is 17.4 Å². The van der Waals surface area contributed by atoms with E-state index in [1.165, 1.54) is 0 Å². The molecule has 1 atom stereocenters. The van der Waals surface area contributed by atoms with Crippen LogP contribution in [0.15, 0.2) is 41.2 Å². The maximum Gasteiger partial charge on any atom is 0.251 e. The molecule has 0 bridgehead atoms. The monoisotopic (exact) mass is 370 g/mol. The van der Waals surface area contributed by atoms with Gasteiger partial charge >= 0.3 is 0 Å². The minimum Gasteiger partial charge on any atom is -0.352 e. The normalized spacial score (nSPS) is 15.6. The Morgan fingerprint density at radius 1 is 1.35 bits per heavy atom. The zero-order chi connectivity index (χ0) is 18.7. The topological polar surface area (TPSA) is 62.0 Å². The molecule has 3 rings (SSSR count). The summed E-state index contributed by atoms with van der Waals surface area (Å²) in [6.07, 6.45) is 5.58. The second kappa shape index (κ2) is 7.92. The number of aryl methyl sites for hydroxylation is 1. The third-order valence-electron chi connectivity index (χ3n) is 4.82. The van der Waals surface area contributed by atoms with Crippen LogP contribution in [0.2, 0.25) is 5.02 Å². The highest BCUT2D eigenvalue weighted by molar-refractivity contribution is 6.31. The number of H-pyrrole nitrogens is 1. The highest BCUT2D eigenvalue weighted by Gasteiger charge is 2.26. The number of aromatic amines is 1. The van der Waals surface area contributed by atoms with Crippen molar-refractivity contribution in [1.29, 1.82) is 0 Å². The van der Waals surface area contributed by atoms with Crippen molar-refractivity contribution in [2.45, 2.75) is 45.1 Å². The molecule has 0 aliphatic heterocycles. The Balaban J connectivity index is 2.08. The summed E-state index contributed by atoms with van der Waals surface area (Å²) in [5.74, 6) is 0.397. The Bertz CT molecular complexity index is 897. The van der Waals surface area contributed by atoms with Gasteiger partial charge in [0.05, 0.1) is 0 Å². The molecule has 0 saturated heterocycles. The number of pyridine rings is 1. The van der Waals surface area contributed by atoms with Crippen molar-refractivity contribution in [2.24, 2.45) is 0 Å². The molecule has 1 amide bonds. The van der Waals surface area contributed by atoms with Gasteiger partial charge in [0.1, 0.15) is 0 Å². The lowest BCUT2D eigenvalue weighted by Gasteiger charge is -2.15. The van der Waals surface area contributed by atoms with Crippen LogP contribution in [-0.4, -0.2) is 17.4 Å². The van der Waals surface area contributed by atoms with E-state index in [-0.39, 0.29) is 11.6 Å². The van der Waals surface area contributed by atoms with Crippen molar-refractivity contribution in [3.05, 3.63) is 74.2 Å². The first-order valence-corrected chi connectivity index (χ1v) is 9.33. The molecular weight excluding hydrogens is 348 g/mol. The second-order valence-electron chi connectivity index (χ2n) is 6.77. The van der Waals surface area contributed by atoms with E-state index >= 15 is 0 Å². The van der Waals surface area contributed by atoms with Crippen LogP contribution in [0.25, 0.3) is 5.57 Å². The molecule has 0 spiro atoms. The van der Waals surface area contributed by atoms with E-state index in [9.17, 15) is 9.59 Å². The zero-order valence-corrected chi connectivity index (χ0v) is 15.8. The van der Waals surface area contributed by atoms with Gasteiger partial charge in [0, 0.05) is 27.9 Å². The van der Waals surface area contributed by atoms with Crippen molar-refractivity contribution in [3.8, 4) is 0 Å². The third kappa shape index (κ3) is 4.07. The molecule has 26 heavy (non-hydrogen) atoms. The van der Waals surface area contributed by atoms with E-state index in [1.54, 1.807) is 0 Å². The Kier molecular flexibility index (Phi) is 5.62. The van der Waals surface area contributed by atoms with E-state index < -0.39 is 0 Å². The average Bonchev–Trinajstić information content (AvgIpc) is 3.46. The van der Waals surface area contributed by atoms with Gasteiger partial charge in [-0.05, 0) is 55.4 Å². The predicted octanol–water partition coefficient (Wildman–Crippen LogP) is 4.17. The largest absolute Gasteiger partial charge is 0.352 e. The molecule has 1 aromatic carbocycles. The van der Waals surface area contributed by atoms with E-state index in [2.05, 4.69) is 10.3 Å². The van der Waals surface area contributed by atoms with Gasteiger partial charge in [-0.3, -0.25) is 9.59 Å². The van der Waals surface area contributed by atoms with Crippen molar-refractivity contribution < 1.29 is 4.79 Å². The molecule has 4 nitrogen and oxygen atoms in total. The fourth-order valence-electron chi connectivity index (χ4n) is 3.03. The number of rotatable bonds is 7. The third-order valence-corrected chi connectivity index (χ3v) is 5.23. The molecular formula is C21H23ClN2O2. The summed E-state index contributed by atoms with van der Waals surface area (Å²) in [5, 5.41) is 3.47. The summed E-state index contributed by atoms with van der Waals surface area (Å²) in [7, 11) is 0. The summed E-state index contributed by atoms with van der Waals surface area (Å²) < 4.78 is 0. The smallest absolute Gasteiger partial charge is 0.251 e. The second-order valence-corrected chi connectivity index (χ2v) is 7.18. The predicted molar refractivity (Wildman–Crippen MR) is 106 cm³/mol. The van der Waals surface area contributed by atoms with E-state index in [1.807, 2.05) is 50.3 Å². The van der Waals surface area contributed by atoms with Gasteiger partial charge in [0.25, 0.3) is 5.56 Å². The summed E-state index contributed by atoms with van der Waals surface area (Å²) in [4.78, 5) is 26.4. The highest BCUT2D eigenvalue weighted by atomic mass is 35.5. The molecule has 0 radical (unpaired) electrons. The molecule has 1 heterocycles. The Morgan fingerprint density at radius 2 is 2.12 bits per heavy atom. The summed E-state index contributed by atoms with van der Waals surface area (Å²) >= 11 is 6.31. The van der Waals surface area contributed by atoms with Crippen LogP contribution in [0.5, 0.6) is 0 Å². The zero-order valence-electron chi connectivity index (χ0n) is 15.0. The first kappa shape index (κ1) is 18.5. The molecule has 1 aliphatic carbocycles. The molecule has 2 aromatic rings. The molecule has 1 saturated carbocycles. The van der Waals surface area contributed by atoms with Crippen LogP contribution < -0.4 is 10.9 Å². The fourth-order valence-corrected chi connectivity index (χ4v) is 3.21. The minimum absolute atomic E-state index is 0.0366. The van der Waals surface area contributed by atoms with Gasteiger partial charge in [-0.1, -0.05) is 42.8 Å². The average molecular weight is 371 g/mol. The Morgan fingerprint density at radius 3 is 2.69 bits per heavy atom. The SMILES string of the molecule is CC[C@H](/C=C(\c1ccc(C)c(Cl)c1)c1ccc(C2CC2)c(=O)[nH]1)NC=O. The fraction of sp³-hybridized carbons (Fsp3) is 0.333. The van der Waals surface area contributed by atoms with Crippen molar-refractivity contribution in [2.75, 3.05) is 0 Å². The number of hydrogen-bond donors (Lipinski definition) is 2. The molecule has 1 fully saturated rings. The van der Waals surface area contributed by atoms with Gasteiger partial charge < -0.3 is 10.3 Å². The molecule has 1 aliphatic rings. The molecule has 5 heteroatoms. The summed E-state index contributed by atoms with van der Waals surface area (Å²) in [6, 6.07) is 9.56. The van der Waals surface area contributed by atoms with Gasteiger partial charge in [-0.15, -0.1) is 0 Å². The molecule has 2 N–H and O–H groups in total. The van der Waals surface area contributed by atoms with Gasteiger partial charge in [0.15, 0.2) is 0 Å². The van der Waals surface area contributed by atoms with Crippen LogP contribution in [0.1, 0.15) is 54.5 Å².